The molecule has 2 N–H and O–H groups in total. The topological polar surface area (TPSA) is 119 Å². The normalized spacial score (nSPS) is 16.8. The third-order valence-electron chi connectivity index (χ3n) is 6.41. The summed E-state index contributed by atoms with van der Waals surface area (Å²) in [5.74, 6) is -1.69. The first-order valence-electron chi connectivity index (χ1n) is 12.8. The Labute approximate surface area is 229 Å². The van der Waals surface area contributed by atoms with E-state index < -0.39 is 27.2 Å². The average molecular weight is 581 g/mol. The van der Waals surface area contributed by atoms with Gasteiger partial charge >= 0.3 is 0 Å². The molecule has 1 aromatic carbocycles. The van der Waals surface area contributed by atoms with Gasteiger partial charge in [-0.25, -0.2) is 32.2 Å². The summed E-state index contributed by atoms with van der Waals surface area (Å²) in [5, 5.41) is 3.89. The molecule has 2 fully saturated rings. The second kappa shape index (κ2) is 12.1. The second-order valence-corrected chi connectivity index (χ2v) is 12.1. The van der Waals surface area contributed by atoms with E-state index in [1.54, 1.807) is 19.2 Å². The van der Waals surface area contributed by atoms with E-state index in [-0.39, 0.29) is 23.2 Å². The number of aromatic nitrogens is 3. The van der Waals surface area contributed by atoms with Crippen LogP contribution < -0.4 is 14.9 Å². The van der Waals surface area contributed by atoms with Crippen LogP contribution >= 0.6 is 11.3 Å². The molecule has 0 bridgehead atoms. The summed E-state index contributed by atoms with van der Waals surface area (Å²) in [6.07, 6.45) is 3.57. The van der Waals surface area contributed by atoms with Crippen LogP contribution in [0.1, 0.15) is 26.2 Å². The van der Waals surface area contributed by atoms with E-state index in [2.05, 4.69) is 25.0 Å². The summed E-state index contributed by atoms with van der Waals surface area (Å²) in [6.45, 7) is 5.17. The van der Waals surface area contributed by atoms with Crippen molar-refractivity contribution in [3.8, 4) is 21.8 Å². The molecule has 4 heterocycles. The van der Waals surface area contributed by atoms with Crippen LogP contribution in [0.15, 0.2) is 24.4 Å². The number of rotatable bonds is 9. The van der Waals surface area contributed by atoms with E-state index in [1.165, 1.54) is 11.3 Å². The molecule has 3 aromatic rings. The number of thiazole rings is 1. The molecule has 14 heteroatoms. The quantitative estimate of drug-likeness (QED) is 0.385. The molecule has 0 spiro atoms. The number of benzene rings is 1. The molecule has 0 aliphatic carbocycles. The number of morpholine rings is 1. The van der Waals surface area contributed by atoms with Crippen molar-refractivity contribution in [1.82, 2.24) is 15.0 Å². The Morgan fingerprint density at radius 2 is 1.82 bits per heavy atom. The molecule has 5 rings (SSSR count). The standard InChI is InChI=1S/C25H30F2N6O4S2/c1-2-15-39(34,35)32-18-4-3-17(26)20(21(18)27)22-23(38-25(31-22)33-9-13-37-14-10-33)19-5-8-28-24(30-19)29-16-6-11-36-12-7-16/h3-5,8,16,32H,2,6-7,9-15H2,1H3,(H,28,29,30). The molecule has 2 aliphatic rings. The Morgan fingerprint density at radius 1 is 1.08 bits per heavy atom. The van der Waals surface area contributed by atoms with Crippen molar-refractivity contribution >= 4 is 38.1 Å². The largest absolute Gasteiger partial charge is 0.381 e. The molecule has 2 aliphatic heterocycles. The van der Waals surface area contributed by atoms with Crippen molar-refractivity contribution in [1.29, 1.82) is 0 Å². The zero-order chi connectivity index (χ0) is 27.4. The van der Waals surface area contributed by atoms with Crippen LogP contribution in [0.5, 0.6) is 0 Å². The average Bonchev–Trinajstić information content (AvgIpc) is 3.37. The van der Waals surface area contributed by atoms with Crippen LogP contribution in [0.2, 0.25) is 0 Å². The third-order valence-corrected chi connectivity index (χ3v) is 9.02. The number of hydrogen-bond donors (Lipinski definition) is 2. The summed E-state index contributed by atoms with van der Waals surface area (Å²) in [5.41, 5.74) is -0.266. The molecule has 2 saturated heterocycles. The van der Waals surface area contributed by atoms with E-state index in [4.69, 9.17) is 9.47 Å². The van der Waals surface area contributed by atoms with Crippen LogP contribution in [0.3, 0.4) is 0 Å². The first-order chi connectivity index (χ1) is 18.8. The molecule has 0 saturated carbocycles. The van der Waals surface area contributed by atoms with Crippen LogP contribution in [-0.4, -0.2) is 74.7 Å². The summed E-state index contributed by atoms with van der Waals surface area (Å²) in [6, 6.07) is 3.94. The van der Waals surface area contributed by atoms with Crippen LogP contribution in [0, 0.1) is 11.6 Å². The molecular weight excluding hydrogens is 550 g/mol. The predicted octanol–water partition coefficient (Wildman–Crippen LogP) is 4.12. The number of hydrogen-bond acceptors (Lipinski definition) is 10. The summed E-state index contributed by atoms with van der Waals surface area (Å²) in [7, 11) is -3.80. The van der Waals surface area contributed by atoms with Gasteiger partial charge in [-0.1, -0.05) is 18.3 Å². The molecule has 0 radical (unpaired) electrons. The lowest BCUT2D eigenvalue weighted by atomic mass is 10.1. The van der Waals surface area contributed by atoms with Crippen molar-refractivity contribution in [2.75, 3.05) is 60.2 Å². The zero-order valence-electron chi connectivity index (χ0n) is 21.5. The van der Waals surface area contributed by atoms with Gasteiger partial charge in [0.25, 0.3) is 0 Å². The van der Waals surface area contributed by atoms with E-state index in [0.717, 1.165) is 25.0 Å². The Morgan fingerprint density at radius 3 is 2.56 bits per heavy atom. The summed E-state index contributed by atoms with van der Waals surface area (Å²) in [4.78, 5) is 16.1. The minimum absolute atomic E-state index is 0.0451. The lowest BCUT2D eigenvalue weighted by molar-refractivity contribution is 0.0903. The maximum absolute atomic E-state index is 15.8. The molecule has 2 aromatic heterocycles. The van der Waals surface area contributed by atoms with E-state index >= 15 is 8.78 Å². The van der Waals surface area contributed by atoms with Gasteiger partial charge in [0.2, 0.25) is 16.0 Å². The lowest BCUT2D eigenvalue weighted by Gasteiger charge is -2.26. The Hall–Kier alpha value is -2.94. The van der Waals surface area contributed by atoms with Crippen molar-refractivity contribution in [2.24, 2.45) is 0 Å². The van der Waals surface area contributed by atoms with Gasteiger partial charge in [0.15, 0.2) is 10.9 Å². The number of nitrogens with zero attached hydrogens (tertiary/aromatic N) is 4. The smallest absolute Gasteiger partial charge is 0.232 e. The van der Waals surface area contributed by atoms with E-state index in [0.29, 0.717) is 67.6 Å². The maximum atomic E-state index is 15.8. The highest BCUT2D eigenvalue weighted by Gasteiger charge is 2.28. The van der Waals surface area contributed by atoms with Gasteiger partial charge in [-0.2, -0.15) is 0 Å². The Balaban J connectivity index is 1.58. The maximum Gasteiger partial charge on any atom is 0.232 e. The number of anilines is 3. The summed E-state index contributed by atoms with van der Waals surface area (Å²) >= 11 is 1.26. The molecule has 0 amide bonds. The third kappa shape index (κ3) is 6.45. The van der Waals surface area contributed by atoms with Crippen molar-refractivity contribution < 1.29 is 26.7 Å². The second-order valence-electron chi connectivity index (χ2n) is 9.27. The molecule has 0 unspecified atom stereocenters. The summed E-state index contributed by atoms with van der Waals surface area (Å²) < 4.78 is 68.9. The molecule has 39 heavy (non-hydrogen) atoms. The highest BCUT2D eigenvalue weighted by molar-refractivity contribution is 7.92. The van der Waals surface area contributed by atoms with Gasteiger partial charge in [0.05, 0.1) is 46.5 Å². The van der Waals surface area contributed by atoms with Crippen molar-refractivity contribution in [3.05, 3.63) is 36.0 Å². The van der Waals surface area contributed by atoms with Gasteiger partial charge in [-0.3, -0.25) is 4.72 Å². The van der Waals surface area contributed by atoms with Crippen molar-refractivity contribution in [2.45, 2.75) is 32.2 Å². The number of nitrogens with one attached hydrogen (secondary N) is 2. The monoisotopic (exact) mass is 580 g/mol. The minimum Gasteiger partial charge on any atom is -0.381 e. The van der Waals surface area contributed by atoms with Gasteiger partial charge in [0, 0.05) is 38.5 Å². The Bertz CT molecular complexity index is 1410. The first kappa shape index (κ1) is 27.6. The molecule has 0 atom stereocenters. The van der Waals surface area contributed by atoms with Crippen LogP contribution in [0.4, 0.5) is 25.5 Å². The van der Waals surface area contributed by atoms with Crippen molar-refractivity contribution in [3.63, 3.8) is 0 Å². The number of halogens is 2. The fourth-order valence-corrected chi connectivity index (χ4v) is 6.68. The molecular formula is C25H30F2N6O4S2. The predicted molar refractivity (Wildman–Crippen MR) is 147 cm³/mol. The fraction of sp³-hybridized carbons (Fsp3) is 0.480. The highest BCUT2D eigenvalue weighted by atomic mass is 32.2. The van der Waals surface area contributed by atoms with Gasteiger partial charge in [-0.15, -0.1) is 0 Å². The zero-order valence-corrected chi connectivity index (χ0v) is 23.1. The van der Waals surface area contributed by atoms with E-state index in [1.807, 2.05) is 4.90 Å². The number of sulfonamides is 1. The van der Waals surface area contributed by atoms with Gasteiger partial charge in [0.1, 0.15) is 5.82 Å². The lowest BCUT2D eigenvalue weighted by Crippen LogP contribution is -2.36. The Kier molecular flexibility index (Phi) is 8.54. The van der Waals surface area contributed by atoms with Crippen LogP contribution in [-0.2, 0) is 19.5 Å². The fourth-order valence-electron chi connectivity index (χ4n) is 4.46. The highest BCUT2D eigenvalue weighted by Crippen LogP contribution is 2.43. The minimum atomic E-state index is -3.80. The van der Waals surface area contributed by atoms with E-state index in [9.17, 15) is 8.42 Å². The van der Waals surface area contributed by atoms with Crippen LogP contribution in [0.25, 0.3) is 21.8 Å². The molecule has 10 nitrogen and oxygen atoms in total. The SMILES string of the molecule is CCCS(=O)(=O)Nc1ccc(F)c(-c2nc(N3CCOCC3)sc2-c2ccnc(NC3CCOCC3)n2)c1F. The number of ether oxygens (including phenoxy) is 2. The molecule has 210 valence electrons. The first-order valence-corrected chi connectivity index (χ1v) is 15.3. The van der Waals surface area contributed by atoms with Gasteiger partial charge in [-0.05, 0) is 37.5 Å². The van der Waals surface area contributed by atoms with Gasteiger partial charge < -0.3 is 19.7 Å².